The molecule has 0 saturated heterocycles. The van der Waals surface area contributed by atoms with Gasteiger partial charge in [0.25, 0.3) is 5.56 Å². The first kappa shape index (κ1) is 24.9. The van der Waals surface area contributed by atoms with Crippen molar-refractivity contribution in [2.75, 3.05) is 12.9 Å². The molecule has 0 saturated carbocycles. The summed E-state index contributed by atoms with van der Waals surface area (Å²) in [5, 5.41) is 3.32. The van der Waals surface area contributed by atoms with E-state index in [4.69, 9.17) is 21.9 Å². The number of thiazole rings is 1. The van der Waals surface area contributed by atoms with Gasteiger partial charge in [-0.1, -0.05) is 83.8 Å². The first-order chi connectivity index (χ1) is 18.1. The van der Waals surface area contributed by atoms with Crippen molar-refractivity contribution in [3.05, 3.63) is 105 Å². The number of thioether (sulfide) groups is 1. The first-order valence-corrected chi connectivity index (χ1v) is 13.6. The third-order valence-electron chi connectivity index (χ3n) is 5.58. The van der Waals surface area contributed by atoms with Crippen LogP contribution in [0.15, 0.2) is 94.9 Å². The molecule has 1 amide bonds. The zero-order chi connectivity index (χ0) is 25.8. The SMILES string of the molecule is COc1ccccc1-n1c(=S)sc2c(=O)n(-c3ccccc3)c(SCC(=O)NCc3ccccc3)nc21. The molecule has 0 aliphatic carbocycles. The van der Waals surface area contributed by atoms with E-state index in [0.717, 1.165) is 5.56 Å². The van der Waals surface area contributed by atoms with E-state index >= 15 is 0 Å². The fraction of sp³-hybridized carbons (Fsp3) is 0.111. The van der Waals surface area contributed by atoms with Crippen molar-refractivity contribution in [1.82, 2.24) is 19.4 Å². The van der Waals surface area contributed by atoms with Crippen molar-refractivity contribution >= 4 is 51.6 Å². The molecule has 10 heteroatoms. The Kier molecular flexibility index (Phi) is 7.50. The molecule has 37 heavy (non-hydrogen) atoms. The highest BCUT2D eigenvalue weighted by molar-refractivity contribution is 7.99. The highest BCUT2D eigenvalue weighted by Crippen LogP contribution is 2.31. The molecule has 0 spiro atoms. The molecular formula is C27H22N4O3S3. The Morgan fingerprint density at radius 2 is 1.68 bits per heavy atom. The summed E-state index contributed by atoms with van der Waals surface area (Å²) < 4.78 is 9.74. The summed E-state index contributed by atoms with van der Waals surface area (Å²) in [4.78, 5) is 31.3. The summed E-state index contributed by atoms with van der Waals surface area (Å²) in [7, 11) is 1.59. The summed E-state index contributed by atoms with van der Waals surface area (Å²) in [5.74, 6) is 0.550. The number of nitrogens with zero attached hydrogens (tertiary/aromatic N) is 3. The lowest BCUT2D eigenvalue weighted by Crippen LogP contribution is -2.26. The Bertz CT molecular complexity index is 1680. The van der Waals surface area contributed by atoms with Crippen molar-refractivity contribution in [2.45, 2.75) is 11.7 Å². The molecule has 2 aromatic heterocycles. The highest BCUT2D eigenvalue weighted by atomic mass is 32.2. The van der Waals surface area contributed by atoms with Gasteiger partial charge in [-0.05, 0) is 42.0 Å². The van der Waals surface area contributed by atoms with Crippen LogP contribution in [0.5, 0.6) is 5.75 Å². The second kappa shape index (κ2) is 11.1. The number of aromatic nitrogens is 3. The Morgan fingerprint density at radius 1 is 1.00 bits per heavy atom. The Hall–Kier alpha value is -3.73. The average molecular weight is 547 g/mol. The molecular weight excluding hydrogens is 525 g/mol. The third-order valence-corrected chi connectivity index (χ3v) is 7.87. The van der Waals surface area contributed by atoms with Gasteiger partial charge in [-0.2, -0.15) is 0 Å². The molecule has 0 atom stereocenters. The number of benzene rings is 3. The van der Waals surface area contributed by atoms with Gasteiger partial charge in [0.2, 0.25) is 5.91 Å². The quantitative estimate of drug-likeness (QED) is 0.160. The zero-order valence-electron chi connectivity index (χ0n) is 19.8. The molecule has 0 fully saturated rings. The van der Waals surface area contributed by atoms with Crippen LogP contribution >= 0.6 is 35.3 Å². The van der Waals surface area contributed by atoms with Gasteiger partial charge in [0.15, 0.2) is 14.8 Å². The van der Waals surface area contributed by atoms with E-state index < -0.39 is 0 Å². The van der Waals surface area contributed by atoms with E-state index in [9.17, 15) is 9.59 Å². The van der Waals surface area contributed by atoms with Crippen LogP contribution in [0.1, 0.15) is 5.56 Å². The number of hydrogen-bond donors (Lipinski definition) is 1. The molecule has 0 radical (unpaired) electrons. The molecule has 5 aromatic rings. The number of amides is 1. The number of nitrogens with one attached hydrogen (secondary N) is 1. The van der Waals surface area contributed by atoms with Crippen molar-refractivity contribution < 1.29 is 9.53 Å². The highest BCUT2D eigenvalue weighted by Gasteiger charge is 2.21. The van der Waals surface area contributed by atoms with Crippen LogP contribution in [0.2, 0.25) is 0 Å². The summed E-state index contributed by atoms with van der Waals surface area (Å²) in [5.41, 5.74) is 2.56. The standard InChI is InChI=1S/C27H22N4O3S3/c1-34-21-15-9-8-14-20(21)31-24-23(37-27(31)35)25(33)30(19-12-6-3-7-13-19)26(29-24)36-17-22(32)28-16-18-10-4-2-5-11-18/h2-15H,16-17H2,1H3,(H,28,32). The number of carbonyl (C=O) groups is 1. The molecule has 7 nitrogen and oxygen atoms in total. The largest absolute Gasteiger partial charge is 0.495 e. The third kappa shape index (κ3) is 5.22. The Labute approximate surface area is 226 Å². The van der Waals surface area contributed by atoms with Crippen molar-refractivity contribution in [2.24, 2.45) is 0 Å². The number of fused-ring (bicyclic) bond motifs is 1. The van der Waals surface area contributed by atoms with E-state index in [0.29, 0.717) is 43.1 Å². The van der Waals surface area contributed by atoms with E-state index in [1.807, 2.05) is 84.9 Å². The van der Waals surface area contributed by atoms with Crippen LogP contribution in [0, 0.1) is 3.95 Å². The van der Waals surface area contributed by atoms with Crippen molar-refractivity contribution in [1.29, 1.82) is 0 Å². The van der Waals surface area contributed by atoms with E-state index in [2.05, 4.69) is 5.32 Å². The second-order valence-electron chi connectivity index (χ2n) is 7.95. The maximum absolute atomic E-state index is 13.8. The lowest BCUT2D eigenvalue weighted by molar-refractivity contribution is -0.118. The maximum atomic E-state index is 13.8. The number of methoxy groups -OCH3 is 1. The monoisotopic (exact) mass is 546 g/mol. The fourth-order valence-corrected chi connectivity index (χ4v) is 5.96. The molecule has 0 aliphatic heterocycles. The van der Waals surface area contributed by atoms with Gasteiger partial charge in [-0.3, -0.25) is 18.7 Å². The minimum atomic E-state index is -0.242. The van der Waals surface area contributed by atoms with E-state index in [1.165, 1.54) is 27.7 Å². The molecule has 5 rings (SSSR count). The van der Waals surface area contributed by atoms with Gasteiger partial charge >= 0.3 is 0 Å². The summed E-state index contributed by atoms with van der Waals surface area (Å²) in [6, 6.07) is 26.4. The van der Waals surface area contributed by atoms with Gasteiger partial charge in [0.05, 0.1) is 24.2 Å². The number of ether oxygens (including phenoxy) is 1. The van der Waals surface area contributed by atoms with Crippen LogP contribution in [0.3, 0.4) is 0 Å². The van der Waals surface area contributed by atoms with Gasteiger partial charge in [0, 0.05) is 6.54 Å². The predicted octanol–water partition coefficient (Wildman–Crippen LogP) is 5.38. The first-order valence-electron chi connectivity index (χ1n) is 11.4. The van der Waals surface area contributed by atoms with E-state index in [1.54, 1.807) is 11.7 Å². The van der Waals surface area contributed by atoms with Crippen LogP contribution in [0.4, 0.5) is 0 Å². The molecule has 3 aromatic carbocycles. The molecule has 0 unspecified atom stereocenters. The van der Waals surface area contributed by atoms with Crippen LogP contribution < -0.4 is 15.6 Å². The number of carbonyl (C=O) groups excluding carboxylic acids is 1. The number of rotatable bonds is 8. The van der Waals surface area contributed by atoms with Crippen LogP contribution in [0.25, 0.3) is 21.7 Å². The zero-order valence-corrected chi connectivity index (χ0v) is 22.2. The summed E-state index contributed by atoms with van der Waals surface area (Å²) >= 11 is 8.07. The topological polar surface area (TPSA) is 78.1 Å². The second-order valence-corrected chi connectivity index (χ2v) is 10.5. The summed E-state index contributed by atoms with van der Waals surface area (Å²) in [6.07, 6.45) is 0. The minimum absolute atomic E-state index is 0.0944. The number of para-hydroxylation sites is 3. The van der Waals surface area contributed by atoms with Crippen molar-refractivity contribution in [3.63, 3.8) is 0 Å². The van der Waals surface area contributed by atoms with Crippen LogP contribution in [-0.4, -0.2) is 32.9 Å². The molecule has 1 N–H and O–H groups in total. The molecule has 2 heterocycles. The van der Waals surface area contributed by atoms with E-state index in [-0.39, 0.29) is 17.2 Å². The Balaban J connectivity index is 1.56. The molecule has 0 aliphatic rings. The van der Waals surface area contributed by atoms with Gasteiger partial charge in [-0.25, -0.2) is 4.98 Å². The number of hydrogen-bond acceptors (Lipinski definition) is 7. The van der Waals surface area contributed by atoms with Crippen molar-refractivity contribution in [3.8, 4) is 17.1 Å². The van der Waals surface area contributed by atoms with Crippen LogP contribution in [-0.2, 0) is 11.3 Å². The molecule has 0 bridgehead atoms. The normalized spacial score (nSPS) is 10.9. The summed E-state index contributed by atoms with van der Waals surface area (Å²) in [6.45, 7) is 0.426. The lowest BCUT2D eigenvalue weighted by atomic mass is 10.2. The maximum Gasteiger partial charge on any atom is 0.278 e. The lowest BCUT2D eigenvalue weighted by Gasteiger charge is -2.14. The average Bonchev–Trinajstić information content (AvgIpc) is 3.27. The van der Waals surface area contributed by atoms with Gasteiger partial charge in [0.1, 0.15) is 10.4 Å². The minimum Gasteiger partial charge on any atom is -0.495 e. The molecule has 186 valence electrons. The Morgan fingerprint density at radius 3 is 2.41 bits per heavy atom. The smallest absolute Gasteiger partial charge is 0.278 e. The fourth-order valence-electron chi connectivity index (χ4n) is 3.84. The van der Waals surface area contributed by atoms with Gasteiger partial charge in [-0.15, -0.1) is 0 Å². The van der Waals surface area contributed by atoms with Gasteiger partial charge < -0.3 is 10.1 Å². The predicted molar refractivity (Wildman–Crippen MR) is 151 cm³/mol.